The van der Waals surface area contributed by atoms with Crippen molar-refractivity contribution in [3.63, 3.8) is 0 Å². The van der Waals surface area contributed by atoms with Crippen LogP contribution in [0, 0.1) is 6.92 Å². The number of hydrogen-bond donors (Lipinski definition) is 2. The van der Waals surface area contributed by atoms with E-state index in [1.165, 1.54) is 27.7 Å². The van der Waals surface area contributed by atoms with E-state index in [1.54, 1.807) is 4.90 Å². The van der Waals surface area contributed by atoms with Crippen LogP contribution in [-0.4, -0.2) is 31.3 Å². The number of morpholine rings is 1. The number of aromatic amines is 2. The van der Waals surface area contributed by atoms with Gasteiger partial charge in [0.25, 0.3) is 0 Å². The molecule has 0 radical (unpaired) electrons. The van der Waals surface area contributed by atoms with Crippen molar-refractivity contribution in [3.8, 4) is 0 Å². The molecular weight excluding hydrogens is 286 g/mol. The molecule has 0 saturated carbocycles. The lowest BCUT2D eigenvalue weighted by atomic mass is 9.95. The Morgan fingerprint density at radius 2 is 1.96 bits per heavy atom. The number of H-pyrrole nitrogens is 2. The second-order valence-electron chi connectivity index (χ2n) is 6.25. The summed E-state index contributed by atoms with van der Waals surface area (Å²) in [5.41, 5.74) is 5.23. The Morgan fingerprint density at radius 1 is 1.13 bits per heavy atom. The van der Waals surface area contributed by atoms with Crippen molar-refractivity contribution in [2.45, 2.75) is 13.0 Å². The lowest BCUT2D eigenvalue weighted by molar-refractivity contribution is -0.933. The lowest BCUT2D eigenvalue weighted by Gasteiger charge is -2.31. The molecule has 4 rings (SSSR count). The van der Waals surface area contributed by atoms with Crippen molar-refractivity contribution in [2.24, 2.45) is 0 Å². The molecule has 1 unspecified atom stereocenters. The zero-order chi connectivity index (χ0) is 15.6. The Morgan fingerprint density at radius 3 is 2.74 bits per heavy atom. The molecule has 3 N–H and O–H groups in total. The largest absolute Gasteiger partial charge is 0.370 e. The highest BCUT2D eigenvalue weighted by Crippen LogP contribution is 2.29. The summed E-state index contributed by atoms with van der Waals surface area (Å²) in [6.07, 6.45) is 4.10. The SMILES string of the molecule is Cc1[nH]c2ccccc2c1C(c1ccc[nH+]c1)[NH+]1CCOCC1. The Labute approximate surface area is 136 Å². The first-order chi connectivity index (χ1) is 11.3. The average molecular weight is 309 g/mol. The molecule has 1 atom stereocenters. The monoisotopic (exact) mass is 309 g/mol. The fraction of sp³-hybridized carbons (Fsp3) is 0.316. The molecule has 118 valence electrons. The van der Waals surface area contributed by atoms with Gasteiger partial charge in [0, 0.05) is 28.2 Å². The third-order valence-electron chi connectivity index (χ3n) is 4.84. The maximum absolute atomic E-state index is 5.58. The van der Waals surface area contributed by atoms with Gasteiger partial charge in [0.15, 0.2) is 12.4 Å². The maximum atomic E-state index is 5.58. The van der Waals surface area contributed by atoms with Gasteiger partial charge in [-0.05, 0) is 19.1 Å². The van der Waals surface area contributed by atoms with Crippen molar-refractivity contribution < 1.29 is 14.6 Å². The van der Waals surface area contributed by atoms with Crippen LogP contribution in [0.1, 0.15) is 22.9 Å². The van der Waals surface area contributed by atoms with Crippen molar-refractivity contribution in [1.82, 2.24) is 4.98 Å². The minimum absolute atomic E-state index is 0.326. The summed E-state index contributed by atoms with van der Waals surface area (Å²) in [4.78, 5) is 8.39. The number of benzene rings is 1. The average Bonchev–Trinajstić information content (AvgIpc) is 2.94. The Balaban J connectivity index is 1.88. The second kappa shape index (κ2) is 6.14. The predicted octanol–water partition coefficient (Wildman–Crippen LogP) is 1.29. The van der Waals surface area contributed by atoms with E-state index in [2.05, 4.69) is 59.5 Å². The van der Waals surface area contributed by atoms with E-state index in [0.717, 1.165) is 26.3 Å². The van der Waals surface area contributed by atoms with Gasteiger partial charge in [-0.15, -0.1) is 0 Å². The number of aromatic nitrogens is 2. The molecule has 4 heteroatoms. The van der Waals surface area contributed by atoms with Crippen LogP contribution in [0.4, 0.5) is 0 Å². The number of nitrogens with one attached hydrogen (secondary N) is 3. The second-order valence-corrected chi connectivity index (χ2v) is 6.25. The molecule has 3 aromatic rings. The van der Waals surface area contributed by atoms with Gasteiger partial charge in [-0.3, -0.25) is 0 Å². The van der Waals surface area contributed by atoms with Crippen LogP contribution in [0.2, 0.25) is 0 Å². The highest BCUT2D eigenvalue weighted by Gasteiger charge is 2.32. The first-order valence-electron chi connectivity index (χ1n) is 8.30. The van der Waals surface area contributed by atoms with E-state index >= 15 is 0 Å². The van der Waals surface area contributed by atoms with E-state index < -0.39 is 0 Å². The molecule has 0 spiro atoms. The van der Waals surface area contributed by atoms with Gasteiger partial charge >= 0.3 is 0 Å². The molecule has 0 aliphatic carbocycles. The first-order valence-corrected chi connectivity index (χ1v) is 8.30. The van der Waals surface area contributed by atoms with Crippen molar-refractivity contribution in [1.29, 1.82) is 0 Å². The summed E-state index contributed by atoms with van der Waals surface area (Å²) >= 11 is 0. The Hall–Kier alpha value is -2.17. The Bertz CT molecular complexity index is 791. The molecule has 4 nitrogen and oxygen atoms in total. The maximum Gasteiger partial charge on any atom is 0.176 e. The van der Waals surface area contributed by atoms with E-state index in [9.17, 15) is 0 Å². The van der Waals surface area contributed by atoms with E-state index in [0.29, 0.717) is 6.04 Å². The fourth-order valence-corrected chi connectivity index (χ4v) is 3.79. The zero-order valence-electron chi connectivity index (χ0n) is 13.4. The molecule has 1 fully saturated rings. The number of pyridine rings is 1. The summed E-state index contributed by atoms with van der Waals surface area (Å²) in [6.45, 7) is 5.94. The van der Waals surface area contributed by atoms with Gasteiger partial charge in [-0.25, -0.2) is 4.98 Å². The molecule has 23 heavy (non-hydrogen) atoms. The van der Waals surface area contributed by atoms with Crippen LogP contribution in [0.15, 0.2) is 48.8 Å². The minimum Gasteiger partial charge on any atom is -0.370 e. The topological polar surface area (TPSA) is 43.6 Å². The quantitative estimate of drug-likeness (QED) is 0.752. The molecular formula is C19H23N3O+2. The summed E-state index contributed by atoms with van der Waals surface area (Å²) in [5.74, 6) is 0. The zero-order valence-corrected chi connectivity index (χ0v) is 13.4. The van der Waals surface area contributed by atoms with E-state index in [-0.39, 0.29) is 0 Å². The van der Waals surface area contributed by atoms with Crippen molar-refractivity contribution in [3.05, 3.63) is 65.6 Å². The van der Waals surface area contributed by atoms with E-state index in [4.69, 9.17) is 4.74 Å². The number of hydrogen-bond acceptors (Lipinski definition) is 1. The minimum atomic E-state index is 0.326. The lowest BCUT2D eigenvalue weighted by Crippen LogP contribution is -3.14. The third-order valence-corrected chi connectivity index (χ3v) is 4.84. The standard InChI is InChI=1S/C19H21N3O/c1-14-18(16-6-2-3-7-17(16)21-14)19(15-5-4-8-20-13-15)22-9-11-23-12-10-22/h2-8,13,19,21H,9-12H2,1H3/p+2. The highest BCUT2D eigenvalue weighted by molar-refractivity contribution is 5.85. The molecule has 3 heterocycles. The number of para-hydroxylation sites is 1. The number of fused-ring (bicyclic) bond motifs is 1. The van der Waals surface area contributed by atoms with E-state index in [1.807, 2.05) is 6.20 Å². The highest BCUT2D eigenvalue weighted by atomic mass is 16.5. The summed E-state index contributed by atoms with van der Waals surface area (Å²) < 4.78 is 5.58. The summed E-state index contributed by atoms with van der Waals surface area (Å²) in [6, 6.07) is 13.3. The molecule has 0 bridgehead atoms. The smallest absolute Gasteiger partial charge is 0.176 e. The predicted molar refractivity (Wildman–Crippen MR) is 89.4 cm³/mol. The molecule has 1 aromatic carbocycles. The summed E-state index contributed by atoms with van der Waals surface area (Å²) in [5, 5.41) is 1.33. The number of quaternary nitrogens is 1. The molecule has 1 saturated heterocycles. The van der Waals surface area contributed by atoms with Crippen LogP contribution >= 0.6 is 0 Å². The number of rotatable bonds is 3. The van der Waals surface area contributed by atoms with Gasteiger partial charge in [0.05, 0.1) is 18.8 Å². The molecule has 2 aromatic heterocycles. The van der Waals surface area contributed by atoms with Gasteiger partial charge in [-0.2, -0.15) is 0 Å². The molecule has 1 aliphatic heterocycles. The number of ether oxygens (including phenoxy) is 1. The fourth-order valence-electron chi connectivity index (χ4n) is 3.79. The summed E-state index contributed by atoms with van der Waals surface area (Å²) in [7, 11) is 0. The molecule has 1 aliphatic rings. The van der Waals surface area contributed by atoms with Gasteiger partial charge < -0.3 is 14.6 Å². The van der Waals surface area contributed by atoms with Crippen LogP contribution in [0.5, 0.6) is 0 Å². The van der Waals surface area contributed by atoms with Crippen LogP contribution in [0.3, 0.4) is 0 Å². The molecule has 0 amide bonds. The Kier molecular flexibility index (Phi) is 3.85. The third kappa shape index (κ3) is 2.64. The van der Waals surface area contributed by atoms with Gasteiger partial charge in [0.1, 0.15) is 19.1 Å². The normalized spacial score (nSPS) is 17.4. The van der Waals surface area contributed by atoms with Crippen LogP contribution in [0.25, 0.3) is 10.9 Å². The van der Waals surface area contributed by atoms with Crippen LogP contribution in [-0.2, 0) is 4.74 Å². The van der Waals surface area contributed by atoms with Gasteiger partial charge in [-0.1, -0.05) is 18.2 Å². The van der Waals surface area contributed by atoms with Gasteiger partial charge in [0.2, 0.25) is 0 Å². The van der Waals surface area contributed by atoms with Crippen molar-refractivity contribution in [2.75, 3.05) is 26.3 Å². The first kappa shape index (κ1) is 14.4. The van der Waals surface area contributed by atoms with Crippen LogP contribution < -0.4 is 9.88 Å². The number of aryl methyl sites for hydroxylation is 1. The van der Waals surface area contributed by atoms with Crippen molar-refractivity contribution >= 4 is 10.9 Å².